The molecule has 0 aromatic heterocycles. The number of fused-ring (bicyclic) bond motifs is 1. The maximum atomic E-state index is 5.46. The van der Waals surface area contributed by atoms with E-state index in [1.54, 1.807) is 6.21 Å². The predicted molar refractivity (Wildman–Crippen MR) is 110 cm³/mol. The van der Waals surface area contributed by atoms with Crippen molar-refractivity contribution in [2.75, 3.05) is 46.4 Å². The van der Waals surface area contributed by atoms with E-state index >= 15 is 0 Å². The molecule has 0 saturated carbocycles. The topological polar surface area (TPSA) is 52.9 Å². The Morgan fingerprint density at radius 3 is 2.28 bits per heavy atom. The van der Waals surface area contributed by atoms with Crippen LogP contribution in [0.5, 0.6) is 11.5 Å². The minimum absolute atomic E-state index is 0.0116. The second-order valence-electron chi connectivity index (χ2n) is 8.36. The molecule has 0 spiro atoms. The molecule has 2 aromatic carbocycles. The van der Waals surface area contributed by atoms with Gasteiger partial charge in [-0.1, -0.05) is 30.3 Å². The van der Waals surface area contributed by atoms with Crippen molar-refractivity contribution in [3.63, 3.8) is 0 Å². The molecule has 0 unspecified atom stereocenters. The molecule has 0 N–H and O–H groups in total. The van der Waals surface area contributed by atoms with E-state index in [9.17, 15) is 0 Å². The second kappa shape index (κ2) is 6.66. The lowest BCUT2D eigenvalue weighted by atomic mass is 9.74. The smallest absolute Gasteiger partial charge is 0.231 e. The highest BCUT2D eigenvalue weighted by atomic mass is 16.7. The van der Waals surface area contributed by atoms with Gasteiger partial charge >= 0.3 is 0 Å². The average molecular weight is 389 g/mol. The summed E-state index contributed by atoms with van der Waals surface area (Å²) in [5.41, 5.74) is 3.17. The summed E-state index contributed by atoms with van der Waals surface area (Å²) < 4.78 is 10.8. The van der Waals surface area contributed by atoms with Crippen LogP contribution in [0, 0.1) is 5.41 Å². The third-order valence-electron chi connectivity index (χ3n) is 6.09. The molecule has 4 saturated heterocycles. The first-order valence-electron chi connectivity index (χ1n) is 10.0. The van der Waals surface area contributed by atoms with Gasteiger partial charge in [0.25, 0.3) is 0 Å². The van der Waals surface area contributed by atoms with E-state index in [-0.39, 0.29) is 12.2 Å². The van der Waals surface area contributed by atoms with Crippen molar-refractivity contribution in [3.8, 4) is 11.5 Å². The average Bonchev–Trinajstić information content (AvgIpc) is 3.18. The Bertz CT molecular complexity index is 953. The molecule has 7 nitrogen and oxygen atoms in total. The Labute approximate surface area is 169 Å². The summed E-state index contributed by atoms with van der Waals surface area (Å²) in [6.07, 6.45) is 1.80. The van der Waals surface area contributed by atoms with Crippen molar-refractivity contribution >= 4 is 11.9 Å². The van der Waals surface area contributed by atoms with Crippen molar-refractivity contribution in [3.05, 3.63) is 59.7 Å². The maximum Gasteiger partial charge on any atom is 0.231 e. The van der Waals surface area contributed by atoms with Crippen molar-refractivity contribution in [2.45, 2.75) is 0 Å². The van der Waals surface area contributed by atoms with Gasteiger partial charge in [0.1, 0.15) is 0 Å². The van der Waals surface area contributed by atoms with Gasteiger partial charge in [-0.25, -0.2) is 0 Å². The van der Waals surface area contributed by atoms with Crippen LogP contribution in [0.25, 0.3) is 0 Å². The fraction of sp³-hybridized carbons (Fsp3) is 0.364. The Kier molecular flexibility index (Phi) is 3.94. The minimum atomic E-state index is -0.0116. The van der Waals surface area contributed by atoms with Crippen LogP contribution < -0.4 is 9.47 Å². The lowest BCUT2D eigenvalue weighted by Crippen LogP contribution is -2.74. The third-order valence-corrected chi connectivity index (χ3v) is 6.09. The predicted octanol–water partition coefficient (Wildman–Crippen LogP) is 2.04. The number of hydrogen-bond donors (Lipinski definition) is 0. The molecular formula is C22H23N5O2. The normalized spacial score (nSPS) is 32.3. The Morgan fingerprint density at radius 2 is 1.55 bits per heavy atom. The minimum Gasteiger partial charge on any atom is -0.454 e. The summed E-state index contributed by atoms with van der Waals surface area (Å²) in [6.45, 7) is 6.55. The van der Waals surface area contributed by atoms with Gasteiger partial charge < -0.3 is 9.47 Å². The van der Waals surface area contributed by atoms with E-state index < -0.39 is 0 Å². The van der Waals surface area contributed by atoms with Crippen LogP contribution >= 0.6 is 0 Å². The van der Waals surface area contributed by atoms with Crippen molar-refractivity contribution in [2.24, 2.45) is 15.6 Å². The van der Waals surface area contributed by atoms with E-state index in [2.05, 4.69) is 44.1 Å². The zero-order chi connectivity index (χ0) is 19.3. The first-order valence-corrected chi connectivity index (χ1v) is 10.0. The van der Waals surface area contributed by atoms with Gasteiger partial charge in [-0.15, -0.1) is 0 Å². The van der Waals surface area contributed by atoms with E-state index in [1.807, 2.05) is 24.3 Å². The van der Waals surface area contributed by atoms with E-state index in [0.717, 1.165) is 68.0 Å². The Hall–Kier alpha value is -2.74. The first-order chi connectivity index (χ1) is 14.3. The van der Waals surface area contributed by atoms with Crippen LogP contribution in [0.4, 0.5) is 0 Å². The SMILES string of the molecule is C(=NN=C(c1ccccc1)C12CN3CN(CN(C3)C1)C2)c1ccc2c(c1)OCO2. The van der Waals surface area contributed by atoms with E-state index in [4.69, 9.17) is 14.6 Å². The van der Waals surface area contributed by atoms with Gasteiger partial charge in [-0.3, -0.25) is 14.7 Å². The van der Waals surface area contributed by atoms with Crippen LogP contribution in [0.1, 0.15) is 11.1 Å². The lowest BCUT2D eigenvalue weighted by Gasteiger charge is -2.60. The van der Waals surface area contributed by atoms with Crippen LogP contribution in [0.15, 0.2) is 58.7 Å². The molecular weight excluding hydrogens is 366 g/mol. The van der Waals surface area contributed by atoms with Gasteiger partial charge in [0.05, 0.1) is 37.3 Å². The fourth-order valence-electron chi connectivity index (χ4n) is 5.15. The van der Waals surface area contributed by atoms with Crippen LogP contribution in [0.3, 0.4) is 0 Å². The number of benzene rings is 2. The molecule has 0 aliphatic carbocycles. The molecule has 4 fully saturated rings. The summed E-state index contributed by atoms with van der Waals surface area (Å²) in [5.74, 6) is 1.54. The molecule has 7 heteroatoms. The van der Waals surface area contributed by atoms with Gasteiger partial charge in [0.2, 0.25) is 6.79 Å². The third kappa shape index (κ3) is 3.02. The summed E-state index contributed by atoms with van der Waals surface area (Å²) in [5, 5.41) is 9.32. The van der Waals surface area contributed by atoms with Gasteiger partial charge in [0.15, 0.2) is 11.5 Å². The molecule has 0 radical (unpaired) electrons. The summed E-state index contributed by atoms with van der Waals surface area (Å²) in [6, 6.07) is 16.3. The van der Waals surface area contributed by atoms with Crippen molar-refractivity contribution < 1.29 is 9.47 Å². The van der Waals surface area contributed by atoms with E-state index in [1.165, 1.54) is 0 Å². The lowest BCUT2D eigenvalue weighted by molar-refractivity contribution is -0.149. The first kappa shape index (κ1) is 17.1. The molecule has 0 atom stereocenters. The molecule has 4 bridgehead atoms. The molecule has 5 aliphatic heterocycles. The number of rotatable bonds is 4. The zero-order valence-electron chi connectivity index (χ0n) is 16.2. The summed E-state index contributed by atoms with van der Waals surface area (Å²) in [7, 11) is 0. The summed E-state index contributed by atoms with van der Waals surface area (Å²) in [4.78, 5) is 7.53. The highest BCUT2D eigenvalue weighted by molar-refractivity contribution is 6.05. The maximum absolute atomic E-state index is 5.46. The molecule has 148 valence electrons. The Balaban J connectivity index is 1.36. The molecule has 7 rings (SSSR count). The fourth-order valence-corrected chi connectivity index (χ4v) is 5.15. The summed E-state index contributed by atoms with van der Waals surface area (Å²) >= 11 is 0. The zero-order valence-corrected chi connectivity index (χ0v) is 16.2. The van der Waals surface area contributed by atoms with Gasteiger partial charge in [-0.05, 0) is 29.3 Å². The van der Waals surface area contributed by atoms with E-state index in [0.29, 0.717) is 0 Å². The highest BCUT2D eigenvalue weighted by Crippen LogP contribution is 2.38. The van der Waals surface area contributed by atoms with Crippen molar-refractivity contribution in [1.29, 1.82) is 0 Å². The molecule has 2 aromatic rings. The highest BCUT2D eigenvalue weighted by Gasteiger charge is 2.51. The standard InChI is InChI=1S/C22H23N5O2/c1-2-4-18(5-3-1)21(22-10-25-13-26(11-22)15-27(12-22)14-25)24-23-9-17-6-7-19-20(8-17)29-16-28-19/h1-9H,10-16H2. The van der Waals surface area contributed by atoms with Crippen molar-refractivity contribution in [1.82, 2.24) is 14.7 Å². The quantitative estimate of drug-likeness (QED) is 0.592. The van der Waals surface area contributed by atoms with Gasteiger partial charge in [0, 0.05) is 19.6 Å². The van der Waals surface area contributed by atoms with Crippen LogP contribution in [-0.4, -0.2) is 73.1 Å². The molecule has 0 amide bonds. The Morgan fingerprint density at radius 1 is 0.862 bits per heavy atom. The second-order valence-corrected chi connectivity index (χ2v) is 8.36. The van der Waals surface area contributed by atoms with Crippen LogP contribution in [0.2, 0.25) is 0 Å². The molecule has 5 aliphatic rings. The number of ether oxygens (including phenoxy) is 2. The largest absolute Gasteiger partial charge is 0.454 e. The molecule has 5 heterocycles. The monoisotopic (exact) mass is 389 g/mol. The number of hydrogen-bond acceptors (Lipinski definition) is 7. The van der Waals surface area contributed by atoms with Gasteiger partial charge in [-0.2, -0.15) is 10.2 Å². The number of nitrogens with zero attached hydrogens (tertiary/aromatic N) is 5. The van der Waals surface area contributed by atoms with Crippen LogP contribution in [-0.2, 0) is 0 Å². The molecule has 29 heavy (non-hydrogen) atoms.